The molecule has 0 aromatic heterocycles. The summed E-state index contributed by atoms with van der Waals surface area (Å²) < 4.78 is 13.7. The molecule has 17 heavy (non-hydrogen) atoms. The van der Waals surface area contributed by atoms with Crippen LogP contribution in [0, 0.1) is 5.82 Å². The Bertz CT molecular complexity index is 508. The second kappa shape index (κ2) is 4.97. The first-order chi connectivity index (χ1) is 8.20. The zero-order valence-electron chi connectivity index (χ0n) is 9.52. The van der Waals surface area contributed by atoms with Crippen LogP contribution >= 0.6 is 0 Å². The first-order valence-corrected chi connectivity index (χ1v) is 5.34. The molecule has 0 saturated carbocycles. The molecule has 0 heterocycles. The molecule has 0 spiro atoms. The Hall–Kier alpha value is -1.87. The molecule has 0 aliphatic carbocycles. The van der Waals surface area contributed by atoms with Crippen molar-refractivity contribution in [2.75, 3.05) is 7.05 Å². The lowest BCUT2D eigenvalue weighted by atomic mass is 10.0. The maximum Gasteiger partial charge on any atom is 0.125 e. The third-order valence-electron chi connectivity index (χ3n) is 2.58. The molecule has 0 bridgehead atoms. The first kappa shape index (κ1) is 11.6. The predicted molar refractivity (Wildman–Crippen MR) is 66.5 cm³/mol. The second-order valence-corrected chi connectivity index (χ2v) is 3.83. The van der Waals surface area contributed by atoms with Crippen molar-refractivity contribution in [2.24, 2.45) is 0 Å². The van der Waals surface area contributed by atoms with Crippen LogP contribution in [0.15, 0.2) is 42.5 Å². The molecule has 1 N–H and O–H groups in total. The van der Waals surface area contributed by atoms with Crippen LogP contribution in [0.1, 0.15) is 5.56 Å². The van der Waals surface area contributed by atoms with Gasteiger partial charge in [-0.3, -0.25) is 0 Å². The lowest BCUT2D eigenvalue weighted by Gasteiger charge is -2.13. The summed E-state index contributed by atoms with van der Waals surface area (Å²) in [7, 11) is 1.66. The van der Waals surface area contributed by atoms with Crippen molar-refractivity contribution in [1.82, 2.24) is 0 Å². The summed E-state index contributed by atoms with van der Waals surface area (Å²) in [6.45, 7) is 0.391. The fourth-order valence-corrected chi connectivity index (χ4v) is 1.68. The van der Waals surface area contributed by atoms with Gasteiger partial charge in [0.15, 0.2) is 0 Å². The molecule has 2 aromatic rings. The largest absolute Gasteiger partial charge is 0.661 e. The topological polar surface area (TPSA) is 34.3 Å². The maximum atomic E-state index is 13.7. The van der Waals surface area contributed by atoms with Crippen molar-refractivity contribution >= 4 is 0 Å². The van der Waals surface area contributed by atoms with Gasteiger partial charge in [0.05, 0.1) is 0 Å². The van der Waals surface area contributed by atoms with Gasteiger partial charge in [-0.1, -0.05) is 24.3 Å². The molecule has 0 unspecified atom stereocenters. The Kier molecular flexibility index (Phi) is 3.40. The Balaban J connectivity index is 2.34. The van der Waals surface area contributed by atoms with Crippen LogP contribution in [0.2, 0.25) is 0 Å². The highest BCUT2D eigenvalue weighted by Crippen LogP contribution is 2.24. The molecule has 0 fully saturated rings. The molecule has 0 radical (unpaired) electrons. The van der Waals surface area contributed by atoms with E-state index >= 15 is 0 Å². The van der Waals surface area contributed by atoms with Crippen molar-refractivity contribution in [3.8, 4) is 16.9 Å². The minimum Gasteiger partial charge on any atom is -0.661 e. The highest BCUT2D eigenvalue weighted by molar-refractivity contribution is 5.64. The number of rotatable bonds is 3. The van der Waals surface area contributed by atoms with Crippen LogP contribution in [0.5, 0.6) is 5.75 Å². The number of nitrogens with zero attached hydrogens (tertiary/aromatic N) is 1. The molecule has 0 atom stereocenters. The van der Waals surface area contributed by atoms with Gasteiger partial charge in [0.25, 0.3) is 0 Å². The van der Waals surface area contributed by atoms with Gasteiger partial charge in [0.2, 0.25) is 0 Å². The average Bonchev–Trinajstić information content (AvgIpc) is 2.33. The molecule has 0 aliphatic heterocycles. The summed E-state index contributed by atoms with van der Waals surface area (Å²) in [6, 6.07) is 11.8. The maximum absolute atomic E-state index is 13.7. The SMILES string of the molecule is C[N-]Cc1ccc(-c2ccc(O)cc2)cc1F. The van der Waals surface area contributed by atoms with E-state index in [-0.39, 0.29) is 11.6 Å². The Labute approximate surface area is 99.7 Å². The third kappa shape index (κ3) is 2.63. The summed E-state index contributed by atoms with van der Waals surface area (Å²) in [5.41, 5.74) is 2.26. The third-order valence-corrected chi connectivity index (χ3v) is 2.58. The Morgan fingerprint density at radius 2 is 1.71 bits per heavy atom. The highest BCUT2D eigenvalue weighted by Gasteiger charge is 2.02. The summed E-state index contributed by atoms with van der Waals surface area (Å²) in [5.74, 6) is -0.0446. The molecule has 0 amide bonds. The zero-order valence-corrected chi connectivity index (χ0v) is 9.52. The first-order valence-electron chi connectivity index (χ1n) is 5.34. The van der Waals surface area contributed by atoms with Crippen LogP contribution < -0.4 is 0 Å². The van der Waals surface area contributed by atoms with Gasteiger partial charge in [-0.2, -0.15) is 7.05 Å². The number of hydrogen-bond donors (Lipinski definition) is 1. The van der Waals surface area contributed by atoms with Gasteiger partial charge in [0.1, 0.15) is 11.6 Å². The molecule has 2 nitrogen and oxygen atoms in total. The Morgan fingerprint density at radius 3 is 2.29 bits per heavy atom. The normalized spacial score (nSPS) is 10.5. The Morgan fingerprint density at radius 1 is 1.06 bits per heavy atom. The van der Waals surface area contributed by atoms with Crippen LogP contribution in [0.4, 0.5) is 4.39 Å². The van der Waals surface area contributed by atoms with E-state index in [1.54, 1.807) is 37.4 Å². The van der Waals surface area contributed by atoms with E-state index in [1.165, 1.54) is 6.07 Å². The number of hydrogen-bond acceptors (Lipinski definition) is 1. The molecular formula is C14H13FNO-. The van der Waals surface area contributed by atoms with E-state index < -0.39 is 0 Å². The van der Waals surface area contributed by atoms with E-state index in [0.29, 0.717) is 12.1 Å². The molecule has 88 valence electrons. The number of benzene rings is 2. The van der Waals surface area contributed by atoms with Crippen molar-refractivity contribution in [3.63, 3.8) is 0 Å². The van der Waals surface area contributed by atoms with Crippen LogP contribution in [-0.2, 0) is 6.54 Å². The van der Waals surface area contributed by atoms with E-state index in [0.717, 1.165) is 11.1 Å². The van der Waals surface area contributed by atoms with E-state index in [9.17, 15) is 9.50 Å². The smallest absolute Gasteiger partial charge is 0.125 e. The summed E-state index contributed by atoms with van der Waals surface area (Å²) >= 11 is 0. The average molecular weight is 230 g/mol. The van der Waals surface area contributed by atoms with Crippen molar-refractivity contribution in [2.45, 2.75) is 6.54 Å². The number of halogens is 1. The minimum absolute atomic E-state index is 0.204. The predicted octanol–water partition coefficient (Wildman–Crippen LogP) is 3.70. The zero-order chi connectivity index (χ0) is 12.3. The summed E-state index contributed by atoms with van der Waals surface area (Å²) in [4.78, 5) is 0. The number of phenolic OH excluding ortho intramolecular Hbond substituents is 1. The lowest BCUT2D eigenvalue weighted by Crippen LogP contribution is -1.90. The molecule has 2 aromatic carbocycles. The standard InChI is InChI=1S/C14H13FNO/c1-16-9-12-3-2-11(8-14(12)15)10-4-6-13(17)7-5-10/h2-8,17H,9H2,1H3/q-1. The molecule has 3 heteroatoms. The van der Waals surface area contributed by atoms with E-state index in [4.69, 9.17) is 0 Å². The quantitative estimate of drug-likeness (QED) is 0.857. The van der Waals surface area contributed by atoms with Gasteiger partial charge >= 0.3 is 0 Å². The summed E-state index contributed by atoms with van der Waals surface area (Å²) in [6.07, 6.45) is 0. The summed E-state index contributed by atoms with van der Waals surface area (Å²) in [5, 5.41) is 13.1. The van der Waals surface area contributed by atoms with Gasteiger partial charge in [0, 0.05) is 0 Å². The highest BCUT2D eigenvalue weighted by atomic mass is 19.1. The van der Waals surface area contributed by atoms with Gasteiger partial charge in [-0.25, -0.2) is 4.39 Å². The van der Waals surface area contributed by atoms with Gasteiger partial charge < -0.3 is 10.4 Å². The fourth-order valence-electron chi connectivity index (χ4n) is 1.68. The van der Waals surface area contributed by atoms with Crippen LogP contribution in [-0.4, -0.2) is 12.2 Å². The van der Waals surface area contributed by atoms with Crippen molar-refractivity contribution in [3.05, 3.63) is 59.2 Å². The number of phenols is 1. The number of aromatic hydroxyl groups is 1. The van der Waals surface area contributed by atoms with Gasteiger partial charge in [-0.05, 0) is 34.9 Å². The molecular weight excluding hydrogens is 217 g/mol. The van der Waals surface area contributed by atoms with Crippen molar-refractivity contribution < 1.29 is 9.50 Å². The van der Waals surface area contributed by atoms with Crippen LogP contribution in [0.3, 0.4) is 0 Å². The minimum atomic E-state index is -0.249. The van der Waals surface area contributed by atoms with Crippen molar-refractivity contribution in [1.29, 1.82) is 0 Å². The monoisotopic (exact) mass is 230 g/mol. The fraction of sp³-hybridized carbons (Fsp3) is 0.143. The molecule has 2 rings (SSSR count). The van der Waals surface area contributed by atoms with Crippen LogP contribution in [0.25, 0.3) is 16.4 Å². The van der Waals surface area contributed by atoms with E-state index in [1.807, 2.05) is 6.07 Å². The van der Waals surface area contributed by atoms with Gasteiger partial charge in [-0.15, -0.1) is 6.54 Å². The second-order valence-electron chi connectivity index (χ2n) is 3.83. The molecule has 0 saturated heterocycles. The lowest BCUT2D eigenvalue weighted by molar-refractivity contribution is 0.475. The van der Waals surface area contributed by atoms with E-state index in [2.05, 4.69) is 5.32 Å². The molecule has 0 aliphatic rings.